The Balaban J connectivity index is 2.08. The summed E-state index contributed by atoms with van der Waals surface area (Å²) in [6.07, 6.45) is 1.59. The van der Waals surface area contributed by atoms with Crippen LogP contribution in [0.5, 0.6) is 0 Å². The number of hydrogen-bond acceptors (Lipinski definition) is 3. The average molecular weight is 374 g/mol. The van der Waals surface area contributed by atoms with Crippen LogP contribution in [0.2, 0.25) is 0 Å². The topological polar surface area (TPSA) is 59.8 Å². The molecule has 1 heterocycles. The fourth-order valence-electron chi connectivity index (χ4n) is 1.39. The van der Waals surface area contributed by atoms with Crippen molar-refractivity contribution in [2.75, 3.05) is 0 Å². The van der Waals surface area contributed by atoms with Crippen molar-refractivity contribution in [3.63, 3.8) is 0 Å². The summed E-state index contributed by atoms with van der Waals surface area (Å²) < 4.78 is 3.37. The van der Waals surface area contributed by atoms with Gasteiger partial charge in [0, 0.05) is 16.0 Å². The average Bonchev–Trinajstić information content (AvgIpc) is 2.75. The molecule has 0 aliphatic carbocycles. The summed E-state index contributed by atoms with van der Waals surface area (Å²) in [7, 11) is 1.83. The summed E-state index contributed by atoms with van der Waals surface area (Å²) >= 11 is 6.69. The zero-order chi connectivity index (χ0) is 13.1. The normalized spacial score (nSPS) is 10.4. The summed E-state index contributed by atoms with van der Waals surface area (Å²) in [6, 6.07) is 5.45. The van der Waals surface area contributed by atoms with Gasteiger partial charge in [0.15, 0.2) is 5.82 Å². The summed E-state index contributed by atoms with van der Waals surface area (Å²) in [5.74, 6) is 0.542. The number of hydrogen-bond donors (Lipinski definition) is 1. The summed E-state index contributed by atoms with van der Waals surface area (Å²) in [4.78, 5) is 12.0. The molecule has 0 radical (unpaired) electrons. The number of aromatic nitrogens is 3. The van der Waals surface area contributed by atoms with Crippen molar-refractivity contribution >= 4 is 37.8 Å². The van der Waals surface area contributed by atoms with Gasteiger partial charge in [-0.1, -0.05) is 15.9 Å². The lowest BCUT2D eigenvalue weighted by Gasteiger charge is -2.07. The van der Waals surface area contributed by atoms with Gasteiger partial charge in [-0.25, -0.2) is 0 Å². The summed E-state index contributed by atoms with van der Waals surface area (Å²) in [5, 5.41) is 10.4. The Kier molecular flexibility index (Phi) is 4.13. The number of benzene rings is 1. The van der Waals surface area contributed by atoms with Crippen molar-refractivity contribution in [3.05, 3.63) is 44.9 Å². The molecule has 2 aromatic rings. The standard InChI is InChI=1S/C11H10Br2N4O/c1-17-6-15-16-10(17)5-14-11(18)8-4-7(12)2-3-9(8)13/h2-4,6H,5H2,1H3,(H,14,18). The van der Waals surface area contributed by atoms with Crippen molar-refractivity contribution in [3.8, 4) is 0 Å². The molecule has 7 heteroatoms. The Morgan fingerprint density at radius 1 is 1.44 bits per heavy atom. The van der Waals surface area contributed by atoms with Crippen LogP contribution in [0.25, 0.3) is 0 Å². The Bertz CT molecular complexity index is 582. The van der Waals surface area contributed by atoms with Crippen molar-refractivity contribution in [2.24, 2.45) is 7.05 Å². The number of amides is 1. The SMILES string of the molecule is Cn1cnnc1CNC(=O)c1cc(Br)ccc1Br. The molecule has 0 unspecified atom stereocenters. The minimum absolute atomic E-state index is 0.161. The van der Waals surface area contributed by atoms with E-state index in [-0.39, 0.29) is 5.91 Å². The molecular formula is C11H10Br2N4O. The van der Waals surface area contributed by atoms with E-state index in [4.69, 9.17) is 0 Å². The van der Waals surface area contributed by atoms with Gasteiger partial charge in [0.05, 0.1) is 12.1 Å². The maximum Gasteiger partial charge on any atom is 0.252 e. The number of nitrogens with zero attached hydrogens (tertiary/aromatic N) is 3. The van der Waals surface area contributed by atoms with E-state index in [9.17, 15) is 4.79 Å². The Labute approximate surface area is 121 Å². The minimum Gasteiger partial charge on any atom is -0.345 e. The molecule has 0 aliphatic heterocycles. The second-order valence-corrected chi connectivity index (χ2v) is 5.43. The highest BCUT2D eigenvalue weighted by atomic mass is 79.9. The van der Waals surface area contributed by atoms with E-state index in [1.165, 1.54) is 0 Å². The van der Waals surface area contributed by atoms with Crippen molar-refractivity contribution in [2.45, 2.75) is 6.54 Å². The van der Waals surface area contributed by atoms with Crippen LogP contribution in [-0.2, 0) is 13.6 Å². The van der Waals surface area contributed by atoms with Crippen LogP contribution >= 0.6 is 31.9 Å². The maximum absolute atomic E-state index is 12.0. The van der Waals surface area contributed by atoms with Crippen LogP contribution in [0.1, 0.15) is 16.2 Å². The van der Waals surface area contributed by atoms with E-state index in [0.29, 0.717) is 17.9 Å². The molecule has 18 heavy (non-hydrogen) atoms. The van der Waals surface area contributed by atoms with Crippen LogP contribution in [-0.4, -0.2) is 20.7 Å². The highest BCUT2D eigenvalue weighted by molar-refractivity contribution is 9.11. The van der Waals surface area contributed by atoms with Gasteiger partial charge < -0.3 is 9.88 Å². The third-order valence-electron chi connectivity index (χ3n) is 2.39. The van der Waals surface area contributed by atoms with Gasteiger partial charge in [0.1, 0.15) is 6.33 Å². The first-order valence-corrected chi connectivity index (χ1v) is 6.72. The smallest absolute Gasteiger partial charge is 0.252 e. The van der Waals surface area contributed by atoms with E-state index in [1.54, 1.807) is 17.0 Å². The Hall–Kier alpha value is -1.21. The molecule has 94 valence electrons. The number of carbonyl (C=O) groups excluding carboxylic acids is 1. The largest absolute Gasteiger partial charge is 0.345 e. The van der Waals surface area contributed by atoms with Crippen molar-refractivity contribution in [1.29, 1.82) is 0 Å². The zero-order valence-corrected chi connectivity index (χ0v) is 12.7. The highest BCUT2D eigenvalue weighted by Gasteiger charge is 2.11. The second-order valence-electron chi connectivity index (χ2n) is 3.66. The molecule has 1 aromatic heterocycles. The lowest BCUT2D eigenvalue weighted by atomic mass is 10.2. The number of rotatable bonds is 3. The molecule has 0 fully saturated rings. The first-order valence-electron chi connectivity index (χ1n) is 5.14. The van der Waals surface area contributed by atoms with Crippen LogP contribution in [0.15, 0.2) is 33.5 Å². The maximum atomic E-state index is 12.0. The molecular weight excluding hydrogens is 364 g/mol. The first kappa shape index (κ1) is 13.2. The van der Waals surface area contributed by atoms with Crippen LogP contribution in [0.4, 0.5) is 0 Å². The molecule has 0 saturated carbocycles. The zero-order valence-electron chi connectivity index (χ0n) is 9.52. The van der Waals surface area contributed by atoms with Crippen LogP contribution in [0.3, 0.4) is 0 Å². The van der Waals surface area contributed by atoms with Gasteiger partial charge in [0.25, 0.3) is 5.91 Å². The number of aryl methyl sites for hydroxylation is 1. The first-order chi connectivity index (χ1) is 8.58. The molecule has 5 nitrogen and oxygen atoms in total. The fraction of sp³-hybridized carbons (Fsp3) is 0.182. The van der Waals surface area contributed by atoms with Gasteiger partial charge in [0.2, 0.25) is 0 Å². The third-order valence-corrected chi connectivity index (χ3v) is 3.57. The monoisotopic (exact) mass is 372 g/mol. The molecule has 0 saturated heterocycles. The molecule has 0 spiro atoms. The lowest BCUT2D eigenvalue weighted by molar-refractivity contribution is 0.0948. The molecule has 0 bridgehead atoms. The highest BCUT2D eigenvalue weighted by Crippen LogP contribution is 2.21. The van der Waals surface area contributed by atoms with Gasteiger partial charge in [-0.3, -0.25) is 4.79 Å². The summed E-state index contributed by atoms with van der Waals surface area (Å²) in [5.41, 5.74) is 0.576. The van der Waals surface area contributed by atoms with E-state index in [2.05, 4.69) is 47.4 Å². The van der Waals surface area contributed by atoms with Crippen molar-refractivity contribution < 1.29 is 4.79 Å². The second kappa shape index (κ2) is 5.62. The molecule has 1 amide bonds. The molecule has 1 aromatic carbocycles. The number of carbonyl (C=O) groups is 1. The summed E-state index contributed by atoms with van der Waals surface area (Å²) in [6.45, 7) is 0.342. The number of nitrogens with one attached hydrogen (secondary N) is 1. The quantitative estimate of drug-likeness (QED) is 0.897. The third kappa shape index (κ3) is 2.97. The number of halogens is 2. The van der Waals surface area contributed by atoms with Gasteiger partial charge in [-0.2, -0.15) is 0 Å². The fourth-order valence-corrected chi connectivity index (χ4v) is 2.18. The van der Waals surface area contributed by atoms with Crippen LogP contribution < -0.4 is 5.32 Å². The Morgan fingerprint density at radius 2 is 2.22 bits per heavy atom. The van der Waals surface area contributed by atoms with Crippen molar-refractivity contribution in [1.82, 2.24) is 20.1 Å². The van der Waals surface area contributed by atoms with Gasteiger partial charge >= 0.3 is 0 Å². The van der Waals surface area contributed by atoms with Crippen LogP contribution in [0, 0.1) is 0 Å². The van der Waals surface area contributed by atoms with E-state index < -0.39 is 0 Å². The van der Waals surface area contributed by atoms with E-state index in [0.717, 1.165) is 8.95 Å². The Morgan fingerprint density at radius 3 is 2.89 bits per heavy atom. The predicted octanol–water partition coefficient (Wildman–Crippen LogP) is 2.27. The van der Waals surface area contributed by atoms with E-state index in [1.807, 2.05) is 19.2 Å². The molecule has 0 atom stereocenters. The lowest BCUT2D eigenvalue weighted by Crippen LogP contribution is -2.24. The molecule has 0 aliphatic rings. The molecule has 1 N–H and O–H groups in total. The van der Waals surface area contributed by atoms with Gasteiger partial charge in [-0.05, 0) is 34.1 Å². The molecule has 2 rings (SSSR count). The minimum atomic E-state index is -0.161. The predicted molar refractivity (Wildman–Crippen MR) is 74.0 cm³/mol. The van der Waals surface area contributed by atoms with Gasteiger partial charge in [-0.15, -0.1) is 10.2 Å². The van der Waals surface area contributed by atoms with E-state index >= 15 is 0 Å².